The molecule has 4 rings (SSSR count). The van der Waals surface area contributed by atoms with E-state index < -0.39 is 9.84 Å². The van der Waals surface area contributed by atoms with E-state index in [0.29, 0.717) is 6.04 Å². The Kier molecular flexibility index (Phi) is 4.40. The van der Waals surface area contributed by atoms with Gasteiger partial charge in [0.1, 0.15) is 17.8 Å². The molecular formula is C19H22N4O2S. The van der Waals surface area contributed by atoms with Gasteiger partial charge in [0.25, 0.3) is 0 Å². The molecule has 136 valence electrons. The fourth-order valence-electron chi connectivity index (χ4n) is 3.71. The lowest BCUT2D eigenvalue weighted by Gasteiger charge is -2.41. The third kappa shape index (κ3) is 3.44. The fraction of sp³-hybridized carbons (Fsp3) is 0.368. The summed E-state index contributed by atoms with van der Waals surface area (Å²) in [7, 11) is -1.06. The lowest BCUT2D eigenvalue weighted by atomic mass is 9.81. The van der Waals surface area contributed by atoms with E-state index in [1.54, 1.807) is 6.33 Å². The summed E-state index contributed by atoms with van der Waals surface area (Å²) in [5.74, 6) is 1.50. The number of H-pyrrole nitrogens is 1. The molecule has 0 radical (unpaired) electrons. The van der Waals surface area contributed by atoms with Crippen LogP contribution in [0.25, 0.3) is 11.0 Å². The number of nitrogens with one attached hydrogen (secondary N) is 1. The Morgan fingerprint density at radius 3 is 2.69 bits per heavy atom. The highest BCUT2D eigenvalue weighted by Crippen LogP contribution is 2.36. The quantitative estimate of drug-likeness (QED) is 0.722. The summed E-state index contributed by atoms with van der Waals surface area (Å²) in [6.45, 7) is 0. The minimum atomic E-state index is -3.08. The molecule has 26 heavy (non-hydrogen) atoms. The van der Waals surface area contributed by atoms with Crippen LogP contribution in [0.1, 0.15) is 18.4 Å². The molecule has 0 amide bonds. The molecule has 6 nitrogen and oxygen atoms in total. The van der Waals surface area contributed by atoms with Crippen LogP contribution in [0, 0.1) is 5.92 Å². The molecule has 1 N–H and O–H groups in total. The molecule has 0 atom stereocenters. The molecule has 1 saturated carbocycles. The monoisotopic (exact) mass is 370 g/mol. The molecule has 0 bridgehead atoms. The predicted molar refractivity (Wildman–Crippen MR) is 103 cm³/mol. The van der Waals surface area contributed by atoms with Crippen molar-refractivity contribution in [2.24, 2.45) is 5.92 Å². The maximum absolute atomic E-state index is 12.5. The number of anilines is 1. The fourth-order valence-corrected chi connectivity index (χ4v) is 5.52. The van der Waals surface area contributed by atoms with Crippen molar-refractivity contribution in [3.63, 3.8) is 0 Å². The van der Waals surface area contributed by atoms with Crippen molar-refractivity contribution in [3.8, 4) is 0 Å². The van der Waals surface area contributed by atoms with E-state index in [2.05, 4.69) is 19.9 Å². The average molecular weight is 370 g/mol. The van der Waals surface area contributed by atoms with Gasteiger partial charge >= 0.3 is 0 Å². The zero-order chi connectivity index (χ0) is 18.1. The summed E-state index contributed by atoms with van der Waals surface area (Å²) in [5.41, 5.74) is 1.68. The normalized spacial score (nSPS) is 20.0. The molecule has 0 unspecified atom stereocenters. The van der Waals surface area contributed by atoms with E-state index in [0.717, 1.165) is 35.3 Å². The largest absolute Gasteiger partial charge is 0.356 e. The van der Waals surface area contributed by atoms with E-state index in [1.165, 1.54) is 0 Å². The first-order valence-corrected chi connectivity index (χ1v) is 10.6. The Morgan fingerprint density at radius 2 is 1.92 bits per heavy atom. The van der Waals surface area contributed by atoms with Gasteiger partial charge in [-0.25, -0.2) is 18.4 Å². The molecule has 0 aliphatic heterocycles. The molecule has 1 aliphatic rings. The van der Waals surface area contributed by atoms with Crippen LogP contribution < -0.4 is 4.90 Å². The lowest BCUT2D eigenvalue weighted by Crippen LogP contribution is -2.45. The van der Waals surface area contributed by atoms with Crippen LogP contribution >= 0.6 is 0 Å². The number of hydrogen-bond donors (Lipinski definition) is 1. The Labute approximate surface area is 153 Å². The number of benzene rings is 1. The van der Waals surface area contributed by atoms with Crippen molar-refractivity contribution in [1.29, 1.82) is 0 Å². The molecule has 0 spiro atoms. The second kappa shape index (κ2) is 6.72. The van der Waals surface area contributed by atoms with Crippen molar-refractivity contribution in [2.45, 2.75) is 24.6 Å². The van der Waals surface area contributed by atoms with Crippen LogP contribution in [0.3, 0.4) is 0 Å². The van der Waals surface area contributed by atoms with E-state index >= 15 is 0 Å². The van der Waals surface area contributed by atoms with Crippen molar-refractivity contribution in [2.75, 3.05) is 17.7 Å². The van der Waals surface area contributed by atoms with E-state index in [1.807, 2.05) is 49.6 Å². The summed E-state index contributed by atoms with van der Waals surface area (Å²) in [5, 5.41) is 0.996. The first kappa shape index (κ1) is 17.0. The van der Waals surface area contributed by atoms with Crippen LogP contribution in [0.2, 0.25) is 0 Å². The topological polar surface area (TPSA) is 79.0 Å². The number of nitrogens with zero attached hydrogens (tertiary/aromatic N) is 3. The summed E-state index contributed by atoms with van der Waals surface area (Å²) < 4.78 is 24.9. The third-order valence-corrected chi connectivity index (χ3v) is 6.90. The maximum Gasteiger partial charge on any atom is 0.154 e. The van der Waals surface area contributed by atoms with Crippen molar-refractivity contribution >= 4 is 26.7 Å². The molecule has 3 aromatic rings. The zero-order valence-corrected chi connectivity index (χ0v) is 15.5. The van der Waals surface area contributed by atoms with Gasteiger partial charge in [0.2, 0.25) is 0 Å². The number of rotatable bonds is 6. The summed E-state index contributed by atoms with van der Waals surface area (Å²) in [4.78, 5) is 13.9. The molecule has 1 fully saturated rings. The van der Waals surface area contributed by atoms with Gasteiger partial charge in [0.05, 0.1) is 16.9 Å². The highest BCUT2D eigenvalue weighted by Gasteiger charge is 2.36. The van der Waals surface area contributed by atoms with Gasteiger partial charge < -0.3 is 9.88 Å². The first-order valence-electron chi connectivity index (χ1n) is 8.77. The zero-order valence-electron chi connectivity index (χ0n) is 14.7. The van der Waals surface area contributed by atoms with Gasteiger partial charge in [0, 0.05) is 19.3 Å². The minimum absolute atomic E-state index is 0.126. The van der Waals surface area contributed by atoms with E-state index in [-0.39, 0.29) is 17.4 Å². The number of aromatic nitrogens is 3. The van der Waals surface area contributed by atoms with Crippen molar-refractivity contribution in [1.82, 2.24) is 15.0 Å². The van der Waals surface area contributed by atoms with E-state index in [4.69, 9.17) is 0 Å². The molecule has 1 aromatic carbocycles. The Balaban J connectivity index is 1.37. The van der Waals surface area contributed by atoms with Crippen molar-refractivity contribution in [3.05, 3.63) is 54.5 Å². The first-order chi connectivity index (χ1) is 12.5. The number of hydrogen-bond acceptors (Lipinski definition) is 5. The smallest absolute Gasteiger partial charge is 0.154 e. The highest BCUT2D eigenvalue weighted by molar-refractivity contribution is 7.90. The maximum atomic E-state index is 12.5. The highest BCUT2D eigenvalue weighted by atomic mass is 32.2. The second-order valence-electron chi connectivity index (χ2n) is 7.08. The van der Waals surface area contributed by atoms with Gasteiger partial charge in [-0.1, -0.05) is 30.3 Å². The standard InChI is InChI=1S/C19H22N4O2S/c1-23(19-17-7-8-20-18(17)21-13-22-19)16-9-15(10-16)12-26(24,25)11-14-5-3-2-4-6-14/h2-8,13,15-16H,9-12H2,1H3,(H,20,21,22)/t15-,16+. The van der Waals surface area contributed by atoms with Gasteiger partial charge in [-0.3, -0.25) is 0 Å². The molecule has 2 aromatic heterocycles. The van der Waals surface area contributed by atoms with Crippen LogP contribution in [-0.4, -0.2) is 42.2 Å². The molecule has 7 heteroatoms. The average Bonchev–Trinajstić information content (AvgIpc) is 3.06. The lowest BCUT2D eigenvalue weighted by molar-refractivity contribution is 0.282. The Hall–Kier alpha value is -2.41. The van der Waals surface area contributed by atoms with Gasteiger partial charge in [-0.2, -0.15) is 0 Å². The number of fused-ring (bicyclic) bond motifs is 1. The van der Waals surface area contributed by atoms with Gasteiger partial charge in [0.15, 0.2) is 9.84 Å². The summed E-state index contributed by atoms with van der Waals surface area (Å²) in [6, 6.07) is 11.7. The summed E-state index contributed by atoms with van der Waals surface area (Å²) >= 11 is 0. The SMILES string of the molecule is CN(c1ncnc2[nH]ccc12)[C@H]1C[C@@H](CS(=O)(=O)Cc2ccccc2)C1. The van der Waals surface area contributed by atoms with Crippen LogP contribution in [0.4, 0.5) is 5.82 Å². The predicted octanol–water partition coefficient (Wildman–Crippen LogP) is 2.79. The van der Waals surface area contributed by atoms with Gasteiger partial charge in [-0.05, 0) is 30.4 Å². The third-order valence-electron chi connectivity index (χ3n) is 5.14. The van der Waals surface area contributed by atoms with E-state index in [9.17, 15) is 8.42 Å². The molecule has 1 aliphatic carbocycles. The number of aromatic amines is 1. The van der Waals surface area contributed by atoms with Crippen LogP contribution in [0.15, 0.2) is 48.9 Å². The molecule has 0 saturated heterocycles. The molecular weight excluding hydrogens is 348 g/mol. The minimum Gasteiger partial charge on any atom is -0.356 e. The van der Waals surface area contributed by atoms with Crippen molar-refractivity contribution < 1.29 is 8.42 Å². The molecule has 2 heterocycles. The Morgan fingerprint density at radius 1 is 1.15 bits per heavy atom. The summed E-state index contributed by atoms with van der Waals surface area (Å²) in [6.07, 6.45) is 5.17. The second-order valence-corrected chi connectivity index (χ2v) is 9.19. The van der Waals surface area contributed by atoms with Crippen LogP contribution in [0.5, 0.6) is 0 Å². The van der Waals surface area contributed by atoms with Crippen LogP contribution in [-0.2, 0) is 15.6 Å². The Bertz CT molecular complexity index is 995. The number of sulfone groups is 1. The van der Waals surface area contributed by atoms with Gasteiger partial charge in [-0.15, -0.1) is 0 Å².